The molecule has 1 heterocycles. The van der Waals surface area contributed by atoms with Gasteiger partial charge < -0.3 is 15.8 Å². The van der Waals surface area contributed by atoms with Crippen LogP contribution in [0, 0.1) is 0 Å². The van der Waals surface area contributed by atoms with Gasteiger partial charge in [-0.15, -0.1) is 0 Å². The van der Waals surface area contributed by atoms with E-state index in [0.29, 0.717) is 4.90 Å². The molecule has 0 unspecified atom stereocenters. The van der Waals surface area contributed by atoms with Crippen molar-refractivity contribution < 1.29 is 28.7 Å². The summed E-state index contributed by atoms with van der Waals surface area (Å²) >= 11 is 0. The molecule has 4 N–H and O–H groups in total. The fraction of sp³-hybridized carbons (Fsp3) is 0.545. The van der Waals surface area contributed by atoms with Crippen molar-refractivity contribution in [2.24, 2.45) is 5.73 Å². The first-order valence-electron chi connectivity index (χ1n) is 5.98. The zero-order valence-electron chi connectivity index (χ0n) is 11.8. The van der Waals surface area contributed by atoms with Crippen molar-refractivity contribution in [3.8, 4) is 0 Å². The first-order valence-corrected chi connectivity index (χ1v) is 5.98. The standard InChI is InChI=1S/C11H16N4O6/c1-5(7(17)13-9(12)19)21-6(16)4-15-8(18)11(2,3)14-10(15)20/h5H,4H2,1-3H3,(H,14,20)(H3,12,13,17,19)/t5-/m1/s1. The van der Waals surface area contributed by atoms with Crippen LogP contribution in [-0.4, -0.2) is 52.9 Å². The van der Waals surface area contributed by atoms with E-state index in [-0.39, 0.29) is 0 Å². The van der Waals surface area contributed by atoms with Gasteiger partial charge in [0, 0.05) is 0 Å². The summed E-state index contributed by atoms with van der Waals surface area (Å²) in [5.74, 6) is -2.46. The van der Waals surface area contributed by atoms with Gasteiger partial charge in [0.25, 0.3) is 11.8 Å². The van der Waals surface area contributed by atoms with Gasteiger partial charge in [-0.1, -0.05) is 0 Å². The van der Waals surface area contributed by atoms with E-state index in [1.807, 2.05) is 0 Å². The maximum absolute atomic E-state index is 11.8. The van der Waals surface area contributed by atoms with E-state index in [2.05, 4.69) is 5.32 Å². The summed E-state index contributed by atoms with van der Waals surface area (Å²) in [6, 6.07) is -1.81. The van der Waals surface area contributed by atoms with E-state index in [1.54, 1.807) is 5.32 Å². The minimum Gasteiger partial charge on any atom is -0.451 e. The molecule has 0 aromatic rings. The number of rotatable bonds is 4. The van der Waals surface area contributed by atoms with Gasteiger partial charge in [-0.05, 0) is 20.8 Å². The molecule has 0 aliphatic carbocycles. The van der Waals surface area contributed by atoms with Gasteiger partial charge in [-0.25, -0.2) is 9.59 Å². The lowest BCUT2D eigenvalue weighted by molar-refractivity contribution is -0.156. The lowest BCUT2D eigenvalue weighted by Crippen LogP contribution is -2.44. The molecule has 1 aliphatic heterocycles. The molecule has 0 spiro atoms. The Labute approximate surface area is 120 Å². The highest BCUT2D eigenvalue weighted by molar-refractivity contribution is 6.08. The first kappa shape index (κ1) is 16.4. The summed E-state index contributed by atoms with van der Waals surface area (Å²) in [5.41, 5.74) is 3.64. The topological polar surface area (TPSA) is 148 Å². The van der Waals surface area contributed by atoms with Gasteiger partial charge in [0.2, 0.25) is 0 Å². The van der Waals surface area contributed by atoms with Crippen LogP contribution in [0.4, 0.5) is 9.59 Å². The molecule has 0 radical (unpaired) electrons. The summed E-state index contributed by atoms with van der Waals surface area (Å²) in [5, 5.41) is 4.12. The lowest BCUT2D eigenvalue weighted by Gasteiger charge is -2.17. The van der Waals surface area contributed by atoms with E-state index in [1.165, 1.54) is 20.8 Å². The van der Waals surface area contributed by atoms with Crippen LogP contribution >= 0.6 is 0 Å². The SMILES string of the molecule is C[C@@H](OC(=O)CN1C(=O)NC(C)(C)C1=O)C(=O)NC(N)=O. The van der Waals surface area contributed by atoms with E-state index < -0.39 is 48.0 Å². The normalized spacial score (nSPS) is 18.0. The molecular weight excluding hydrogens is 284 g/mol. The smallest absolute Gasteiger partial charge is 0.327 e. The van der Waals surface area contributed by atoms with Crippen molar-refractivity contribution >= 4 is 29.8 Å². The molecule has 1 rings (SSSR count). The molecule has 1 aliphatic rings. The van der Waals surface area contributed by atoms with Crippen LogP contribution in [0.25, 0.3) is 0 Å². The molecule has 1 fully saturated rings. The molecule has 116 valence electrons. The second kappa shape index (κ2) is 5.77. The fourth-order valence-corrected chi connectivity index (χ4v) is 1.60. The maximum atomic E-state index is 11.8. The average Bonchev–Trinajstić information content (AvgIpc) is 2.50. The molecular formula is C11H16N4O6. The molecule has 0 saturated carbocycles. The second-order valence-electron chi connectivity index (χ2n) is 4.93. The van der Waals surface area contributed by atoms with Gasteiger partial charge in [-0.3, -0.25) is 24.6 Å². The summed E-state index contributed by atoms with van der Waals surface area (Å²) in [6.45, 7) is 3.55. The first-order chi connectivity index (χ1) is 9.54. The number of esters is 1. The van der Waals surface area contributed by atoms with Gasteiger partial charge in [0.15, 0.2) is 6.10 Å². The van der Waals surface area contributed by atoms with Gasteiger partial charge in [-0.2, -0.15) is 0 Å². The second-order valence-corrected chi connectivity index (χ2v) is 4.93. The van der Waals surface area contributed by atoms with E-state index in [9.17, 15) is 24.0 Å². The zero-order chi connectivity index (χ0) is 16.4. The number of hydrogen-bond donors (Lipinski definition) is 3. The molecule has 21 heavy (non-hydrogen) atoms. The summed E-state index contributed by atoms with van der Waals surface area (Å²) in [4.78, 5) is 57.5. The predicted molar refractivity (Wildman–Crippen MR) is 67.6 cm³/mol. The minimum atomic E-state index is -1.29. The quantitative estimate of drug-likeness (QED) is 0.422. The largest absolute Gasteiger partial charge is 0.451 e. The van der Waals surface area contributed by atoms with Crippen molar-refractivity contribution in [2.75, 3.05) is 6.54 Å². The Kier molecular flexibility index (Phi) is 4.51. The molecule has 10 heteroatoms. The molecule has 0 bridgehead atoms. The van der Waals surface area contributed by atoms with Crippen molar-refractivity contribution in [3.05, 3.63) is 0 Å². The maximum Gasteiger partial charge on any atom is 0.327 e. The van der Waals surface area contributed by atoms with E-state index in [0.717, 1.165) is 0 Å². The minimum absolute atomic E-state index is 0.585. The van der Waals surface area contributed by atoms with Crippen molar-refractivity contribution in [2.45, 2.75) is 32.4 Å². The van der Waals surface area contributed by atoms with Crippen molar-refractivity contribution in [3.63, 3.8) is 0 Å². The van der Waals surface area contributed by atoms with Crippen LogP contribution in [0.2, 0.25) is 0 Å². The van der Waals surface area contributed by atoms with Crippen LogP contribution in [0.3, 0.4) is 0 Å². The number of hydrogen-bond acceptors (Lipinski definition) is 6. The Hall–Kier alpha value is -2.65. The third-order valence-electron chi connectivity index (χ3n) is 2.66. The van der Waals surface area contributed by atoms with Crippen molar-refractivity contribution in [1.29, 1.82) is 0 Å². The van der Waals surface area contributed by atoms with Crippen LogP contribution in [0.5, 0.6) is 0 Å². The zero-order valence-corrected chi connectivity index (χ0v) is 11.8. The van der Waals surface area contributed by atoms with E-state index in [4.69, 9.17) is 10.5 Å². The van der Waals surface area contributed by atoms with Crippen molar-refractivity contribution in [1.82, 2.24) is 15.5 Å². The number of carbonyl (C=O) groups excluding carboxylic acids is 5. The summed E-state index contributed by atoms with van der Waals surface area (Å²) in [6.07, 6.45) is -1.29. The number of amides is 6. The molecule has 1 atom stereocenters. The van der Waals surface area contributed by atoms with E-state index >= 15 is 0 Å². The number of ether oxygens (including phenoxy) is 1. The lowest BCUT2D eigenvalue weighted by atomic mass is 10.1. The highest BCUT2D eigenvalue weighted by atomic mass is 16.5. The third kappa shape index (κ3) is 3.91. The van der Waals surface area contributed by atoms with Crippen LogP contribution < -0.4 is 16.4 Å². The number of nitrogens with one attached hydrogen (secondary N) is 2. The summed E-state index contributed by atoms with van der Waals surface area (Å²) in [7, 11) is 0. The number of imide groups is 2. The molecule has 10 nitrogen and oxygen atoms in total. The number of carbonyl (C=O) groups is 5. The predicted octanol–water partition coefficient (Wildman–Crippen LogP) is -1.56. The number of urea groups is 2. The Morgan fingerprint density at radius 1 is 1.38 bits per heavy atom. The molecule has 0 aromatic heterocycles. The Bertz CT molecular complexity index is 515. The molecule has 1 saturated heterocycles. The summed E-state index contributed by atoms with van der Waals surface area (Å²) < 4.78 is 4.71. The Morgan fingerprint density at radius 3 is 2.38 bits per heavy atom. The number of nitrogens with zero attached hydrogens (tertiary/aromatic N) is 1. The Balaban J connectivity index is 2.58. The monoisotopic (exact) mass is 300 g/mol. The van der Waals surface area contributed by atoms with Gasteiger partial charge in [0.05, 0.1) is 0 Å². The fourth-order valence-electron chi connectivity index (χ4n) is 1.60. The number of primary amides is 1. The van der Waals surface area contributed by atoms with Crippen LogP contribution in [-0.2, 0) is 19.1 Å². The molecule has 6 amide bonds. The van der Waals surface area contributed by atoms with Gasteiger partial charge in [0.1, 0.15) is 12.1 Å². The Morgan fingerprint density at radius 2 is 1.95 bits per heavy atom. The van der Waals surface area contributed by atoms with Gasteiger partial charge >= 0.3 is 18.0 Å². The number of nitrogens with two attached hydrogens (primary N) is 1. The highest BCUT2D eigenvalue weighted by Gasteiger charge is 2.45. The van der Waals surface area contributed by atoms with Crippen LogP contribution in [0.15, 0.2) is 0 Å². The third-order valence-corrected chi connectivity index (χ3v) is 2.66. The average molecular weight is 300 g/mol. The highest BCUT2D eigenvalue weighted by Crippen LogP contribution is 2.16. The molecule has 0 aromatic carbocycles. The van der Waals surface area contributed by atoms with Crippen LogP contribution in [0.1, 0.15) is 20.8 Å².